The van der Waals surface area contributed by atoms with Gasteiger partial charge in [-0.15, -0.1) is 0 Å². The monoisotopic (exact) mass is 251 g/mol. The van der Waals surface area contributed by atoms with Crippen LogP contribution in [0.15, 0.2) is 16.6 Å². The summed E-state index contributed by atoms with van der Waals surface area (Å²) in [6, 6.07) is 4.37. The third kappa shape index (κ3) is 1.21. The fourth-order valence-electron chi connectivity index (χ4n) is 2.08. The lowest BCUT2D eigenvalue weighted by Gasteiger charge is -2.02. The molecule has 0 aliphatic rings. The molecule has 2 rings (SSSR count). The minimum Gasteiger partial charge on any atom is -0.347 e. The molecule has 0 N–H and O–H groups in total. The second-order valence-corrected chi connectivity index (χ2v) is 4.80. The van der Waals surface area contributed by atoms with Crippen molar-refractivity contribution in [2.45, 2.75) is 20.8 Å². The lowest BCUT2D eigenvalue weighted by atomic mass is 10.1. The van der Waals surface area contributed by atoms with Crippen LogP contribution in [0.3, 0.4) is 0 Å². The zero-order valence-electron chi connectivity index (χ0n) is 8.98. The van der Waals surface area contributed by atoms with E-state index < -0.39 is 0 Å². The van der Waals surface area contributed by atoms with Crippen LogP contribution in [0.25, 0.3) is 10.9 Å². The second kappa shape index (κ2) is 3.13. The Balaban J connectivity index is 3.02. The lowest BCUT2D eigenvalue weighted by Crippen LogP contribution is -1.92. The Hall–Kier alpha value is -0.760. The molecule has 0 fully saturated rings. The maximum atomic E-state index is 3.54. The van der Waals surface area contributed by atoms with Gasteiger partial charge in [0, 0.05) is 22.6 Å². The van der Waals surface area contributed by atoms with Gasteiger partial charge in [-0.05, 0) is 44.0 Å². The van der Waals surface area contributed by atoms with Gasteiger partial charge in [0.05, 0.1) is 5.52 Å². The molecule has 1 aromatic heterocycles. The van der Waals surface area contributed by atoms with Crippen molar-refractivity contribution in [3.05, 3.63) is 33.4 Å². The highest BCUT2D eigenvalue weighted by Crippen LogP contribution is 2.29. The molecule has 1 nitrogen and oxygen atoms in total. The number of fused-ring (bicyclic) bond motifs is 1. The van der Waals surface area contributed by atoms with Gasteiger partial charge >= 0.3 is 0 Å². The van der Waals surface area contributed by atoms with Gasteiger partial charge in [0.15, 0.2) is 0 Å². The van der Waals surface area contributed by atoms with Gasteiger partial charge < -0.3 is 4.57 Å². The predicted molar refractivity (Wildman–Crippen MR) is 64.8 cm³/mol. The first kappa shape index (κ1) is 9.78. The van der Waals surface area contributed by atoms with Crippen LogP contribution in [0.4, 0.5) is 0 Å². The molecular weight excluding hydrogens is 238 g/mol. The largest absolute Gasteiger partial charge is 0.347 e. The van der Waals surface area contributed by atoms with Crippen LogP contribution < -0.4 is 0 Å². The van der Waals surface area contributed by atoms with E-state index in [0.717, 1.165) is 4.47 Å². The maximum Gasteiger partial charge on any atom is 0.0513 e. The molecule has 0 radical (unpaired) electrons. The molecule has 0 aliphatic carbocycles. The van der Waals surface area contributed by atoms with Crippen molar-refractivity contribution in [3.63, 3.8) is 0 Å². The maximum absolute atomic E-state index is 3.54. The third-order valence-electron chi connectivity index (χ3n) is 3.05. The van der Waals surface area contributed by atoms with Crippen molar-refractivity contribution >= 4 is 26.8 Å². The topological polar surface area (TPSA) is 4.93 Å². The molecule has 0 unspecified atom stereocenters. The van der Waals surface area contributed by atoms with Crippen molar-refractivity contribution in [2.24, 2.45) is 7.05 Å². The fraction of sp³-hybridized carbons (Fsp3) is 0.333. The summed E-state index contributed by atoms with van der Waals surface area (Å²) in [5.41, 5.74) is 5.41. The Kier molecular flexibility index (Phi) is 2.18. The summed E-state index contributed by atoms with van der Waals surface area (Å²) >= 11 is 3.54. The second-order valence-electron chi connectivity index (χ2n) is 3.89. The number of aromatic nitrogens is 1. The smallest absolute Gasteiger partial charge is 0.0513 e. The summed E-state index contributed by atoms with van der Waals surface area (Å²) in [5, 5.41) is 1.36. The van der Waals surface area contributed by atoms with Crippen molar-refractivity contribution in [3.8, 4) is 0 Å². The fourth-order valence-corrected chi connectivity index (χ4v) is 2.65. The summed E-state index contributed by atoms with van der Waals surface area (Å²) in [6.45, 7) is 6.51. The summed E-state index contributed by atoms with van der Waals surface area (Å²) in [4.78, 5) is 0. The Bertz CT molecular complexity index is 509. The van der Waals surface area contributed by atoms with Gasteiger partial charge in [-0.3, -0.25) is 0 Å². The van der Waals surface area contributed by atoms with Crippen LogP contribution in [0.5, 0.6) is 0 Å². The first-order chi connectivity index (χ1) is 6.52. The predicted octanol–water partition coefficient (Wildman–Crippen LogP) is 3.87. The number of aryl methyl sites for hydroxylation is 3. The molecule has 2 aromatic rings. The molecule has 1 aromatic carbocycles. The van der Waals surface area contributed by atoms with Crippen LogP contribution in [-0.2, 0) is 7.05 Å². The first-order valence-electron chi connectivity index (χ1n) is 4.74. The Morgan fingerprint density at radius 2 is 1.79 bits per heavy atom. The number of nitrogens with zero attached hydrogens (tertiary/aromatic N) is 1. The number of rotatable bonds is 0. The Labute approximate surface area is 92.9 Å². The number of hydrogen-bond acceptors (Lipinski definition) is 0. The SMILES string of the molecule is Cc1c(C)n(C)c2c(C)cc(Br)cc12. The van der Waals surface area contributed by atoms with E-state index >= 15 is 0 Å². The lowest BCUT2D eigenvalue weighted by molar-refractivity contribution is 0.907. The standard InChI is InChI=1S/C12H14BrN/c1-7-5-10(13)6-11-8(2)9(3)14(4)12(7)11/h5-6H,1-4H3. The van der Waals surface area contributed by atoms with Crippen molar-refractivity contribution in [1.29, 1.82) is 0 Å². The molecule has 0 spiro atoms. The highest BCUT2D eigenvalue weighted by atomic mass is 79.9. The van der Waals surface area contributed by atoms with Gasteiger partial charge in [0.1, 0.15) is 0 Å². The molecule has 0 aliphatic heterocycles. The van der Waals surface area contributed by atoms with Gasteiger partial charge in [-0.25, -0.2) is 0 Å². The average Bonchev–Trinajstić information content (AvgIpc) is 2.31. The van der Waals surface area contributed by atoms with Gasteiger partial charge in [0.2, 0.25) is 0 Å². The van der Waals surface area contributed by atoms with E-state index in [2.05, 4.69) is 60.4 Å². The van der Waals surface area contributed by atoms with E-state index in [1.54, 1.807) is 0 Å². The van der Waals surface area contributed by atoms with E-state index in [-0.39, 0.29) is 0 Å². The first-order valence-corrected chi connectivity index (χ1v) is 5.53. The summed E-state index contributed by atoms with van der Waals surface area (Å²) in [6.07, 6.45) is 0. The third-order valence-corrected chi connectivity index (χ3v) is 3.51. The van der Waals surface area contributed by atoms with E-state index in [1.807, 2.05) is 0 Å². The normalized spacial score (nSPS) is 11.2. The molecule has 14 heavy (non-hydrogen) atoms. The number of benzene rings is 1. The van der Waals surface area contributed by atoms with Crippen LogP contribution in [-0.4, -0.2) is 4.57 Å². The van der Waals surface area contributed by atoms with E-state index in [9.17, 15) is 0 Å². The van der Waals surface area contributed by atoms with Crippen LogP contribution in [0, 0.1) is 20.8 Å². The van der Waals surface area contributed by atoms with Crippen LogP contribution in [0.1, 0.15) is 16.8 Å². The molecule has 0 atom stereocenters. The van der Waals surface area contributed by atoms with Gasteiger partial charge in [-0.2, -0.15) is 0 Å². The average molecular weight is 252 g/mol. The summed E-state index contributed by atoms with van der Waals surface area (Å²) < 4.78 is 3.43. The number of hydrogen-bond donors (Lipinski definition) is 0. The zero-order chi connectivity index (χ0) is 10.5. The molecule has 1 heterocycles. The molecule has 0 amide bonds. The van der Waals surface area contributed by atoms with Gasteiger partial charge in [-0.1, -0.05) is 15.9 Å². The molecule has 2 heteroatoms. The van der Waals surface area contributed by atoms with E-state index in [1.165, 1.54) is 27.7 Å². The number of halogens is 1. The molecule has 0 saturated carbocycles. The van der Waals surface area contributed by atoms with Crippen molar-refractivity contribution < 1.29 is 0 Å². The molecule has 74 valence electrons. The minimum absolute atomic E-state index is 1.16. The summed E-state index contributed by atoms with van der Waals surface area (Å²) in [7, 11) is 2.13. The summed E-state index contributed by atoms with van der Waals surface area (Å²) in [5.74, 6) is 0. The molecule has 0 saturated heterocycles. The van der Waals surface area contributed by atoms with E-state index in [0.29, 0.717) is 0 Å². The van der Waals surface area contributed by atoms with Crippen molar-refractivity contribution in [1.82, 2.24) is 4.57 Å². The van der Waals surface area contributed by atoms with Crippen molar-refractivity contribution in [2.75, 3.05) is 0 Å². The van der Waals surface area contributed by atoms with E-state index in [4.69, 9.17) is 0 Å². The molecular formula is C12H14BrN. The quantitative estimate of drug-likeness (QED) is 0.670. The highest BCUT2D eigenvalue weighted by molar-refractivity contribution is 9.10. The Morgan fingerprint density at radius 1 is 1.14 bits per heavy atom. The van der Waals surface area contributed by atoms with Gasteiger partial charge in [0.25, 0.3) is 0 Å². The minimum atomic E-state index is 1.16. The molecule has 0 bridgehead atoms. The highest BCUT2D eigenvalue weighted by Gasteiger charge is 2.10. The zero-order valence-corrected chi connectivity index (χ0v) is 10.6. The van der Waals surface area contributed by atoms with Crippen LogP contribution >= 0.6 is 15.9 Å². The van der Waals surface area contributed by atoms with Crippen LogP contribution in [0.2, 0.25) is 0 Å². The Morgan fingerprint density at radius 3 is 2.43 bits per heavy atom.